The van der Waals surface area contributed by atoms with Crippen LogP contribution in [0.2, 0.25) is 0 Å². The van der Waals surface area contributed by atoms with Gasteiger partial charge in [0.05, 0.1) is 6.92 Å². The fourth-order valence-corrected chi connectivity index (χ4v) is 4.33. The van der Waals surface area contributed by atoms with E-state index in [0.717, 1.165) is 0 Å². The summed E-state index contributed by atoms with van der Waals surface area (Å²) in [6.45, 7) is 16.0. The van der Waals surface area contributed by atoms with E-state index in [9.17, 15) is 5.11 Å². The quantitative estimate of drug-likeness (QED) is 0.758. The van der Waals surface area contributed by atoms with Crippen molar-refractivity contribution in [2.75, 3.05) is 0 Å². The van der Waals surface area contributed by atoms with Crippen molar-refractivity contribution in [3.63, 3.8) is 0 Å². The van der Waals surface area contributed by atoms with Crippen molar-refractivity contribution in [2.24, 2.45) is 16.7 Å². The Hall–Kier alpha value is -1.24. The van der Waals surface area contributed by atoms with Crippen LogP contribution in [0.4, 0.5) is 0 Å². The summed E-state index contributed by atoms with van der Waals surface area (Å²) in [4.78, 5) is 0. The molecular weight excluding hydrogens is 232 g/mol. The monoisotopic (exact) mass is 258 g/mol. The Bertz CT molecular complexity index is 441. The molecule has 0 spiro atoms. The summed E-state index contributed by atoms with van der Waals surface area (Å²) in [5, 5.41) is 9.41. The Morgan fingerprint density at radius 3 is 2.26 bits per heavy atom. The molecule has 0 bridgehead atoms. The first-order valence-electron chi connectivity index (χ1n) is 7.16. The molecule has 2 atom stereocenters. The van der Waals surface area contributed by atoms with E-state index in [1.54, 1.807) is 18.1 Å². The van der Waals surface area contributed by atoms with Crippen molar-refractivity contribution in [2.45, 2.75) is 47.0 Å². The van der Waals surface area contributed by atoms with Gasteiger partial charge in [-0.25, -0.2) is 0 Å². The zero-order valence-electron chi connectivity index (χ0n) is 12.8. The summed E-state index contributed by atoms with van der Waals surface area (Å²) >= 11 is 0. The van der Waals surface area contributed by atoms with E-state index in [1.165, 1.54) is 12.0 Å². The molecule has 1 nitrogen and oxygen atoms in total. The van der Waals surface area contributed by atoms with Crippen LogP contribution in [0.25, 0.3) is 0 Å². The van der Waals surface area contributed by atoms with Gasteiger partial charge in [-0.15, -0.1) is 0 Å². The molecule has 2 unspecified atom stereocenters. The Balaban J connectivity index is 2.26. The van der Waals surface area contributed by atoms with Crippen molar-refractivity contribution in [1.82, 2.24) is 0 Å². The van der Waals surface area contributed by atoms with Crippen molar-refractivity contribution in [3.05, 3.63) is 42.7 Å². The van der Waals surface area contributed by atoms with E-state index in [-0.39, 0.29) is 11.3 Å². The van der Waals surface area contributed by atoms with Crippen molar-refractivity contribution in [3.8, 4) is 5.75 Å². The summed E-state index contributed by atoms with van der Waals surface area (Å²) in [5.74, 6) is 2.85. The van der Waals surface area contributed by atoms with Crippen LogP contribution in [0.5, 0.6) is 5.75 Å². The molecule has 1 aliphatic carbocycles. The minimum Gasteiger partial charge on any atom is -0.508 e. The molecular formula is C18H26O+2. The first kappa shape index (κ1) is 14.2. The maximum absolute atomic E-state index is 9.41. The predicted molar refractivity (Wildman–Crippen MR) is 80.8 cm³/mol. The second-order valence-corrected chi connectivity index (χ2v) is 7.27. The van der Waals surface area contributed by atoms with Gasteiger partial charge in [-0.05, 0) is 46.8 Å². The van der Waals surface area contributed by atoms with Crippen LogP contribution in [0.15, 0.2) is 24.3 Å². The van der Waals surface area contributed by atoms with E-state index >= 15 is 0 Å². The van der Waals surface area contributed by atoms with Crippen LogP contribution in [-0.2, 0) is 0 Å². The highest BCUT2D eigenvalue weighted by Crippen LogP contribution is 2.63. The van der Waals surface area contributed by atoms with Crippen molar-refractivity contribution < 1.29 is 5.11 Å². The summed E-state index contributed by atoms with van der Waals surface area (Å²) < 4.78 is 0. The van der Waals surface area contributed by atoms with Crippen LogP contribution in [-0.4, -0.2) is 5.11 Å². The first-order valence-corrected chi connectivity index (χ1v) is 7.16. The number of benzene rings is 1. The molecule has 1 saturated carbocycles. The average molecular weight is 258 g/mol. The van der Waals surface area contributed by atoms with Gasteiger partial charge >= 0.3 is 0 Å². The summed E-state index contributed by atoms with van der Waals surface area (Å²) in [6.07, 6.45) is 1.27. The minimum atomic E-state index is 0.0815. The van der Waals surface area contributed by atoms with Gasteiger partial charge in [-0.3, -0.25) is 0 Å². The summed E-state index contributed by atoms with van der Waals surface area (Å²) in [5.41, 5.74) is 1.61. The zero-order valence-corrected chi connectivity index (χ0v) is 12.8. The van der Waals surface area contributed by atoms with E-state index in [4.69, 9.17) is 0 Å². The zero-order chi connectivity index (χ0) is 14.4. The van der Waals surface area contributed by atoms with Crippen molar-refractivity contribution >= 4 is 0 Å². The second-order valence-electron chi connectivity index (χ2n) is 7.27. The molecule has 1 aromatic carbocycles. The van der Waals surface area contributed by atoms with Gasteiger partial charge in [0.25, 0.3) is 0 Å². The molecule has 1 aliphatic rings. The highest BCUT2D eigenvalue weighted by atomic mass is 16.3. The Morgan fingerprint density at radius 2 is 1.84 bits per heavy atom. The van der Waals surface area contributed by atoms with Gasteiger partial charge in [0.2, 0.25) is 0 Å². The Morgan fingerprint density at radius 1 is 1.32 bits per heavy atom. The number of aromatic hydroxyl groups is 1. The number of phenols is 1. The van der Waals surface area contributed by atoms with E-state index < -0.39 is 0 Å². The molecule has 0 amide bonds. The normalized spacial score (nSPS) is 23.8. The van der Waals surface area contributed by atoms with E-state index in [0.29, 0.717) is 17.1 Å². The molecule has 1 heteroatoms. The lowest BCUT2D eigenvalue weighted by molar-refractivity contribution is 0.0651. The predicted octanol–water partition coefficient (Wildman–Crippen LogP) is 4.98. The fraction of sp³-hybridized carbons (Fsp3) is 0.556. The molecule has 0 aromatic heterocycles. The Labute approximate surface area is 118 Å². The second kappa shape index (κ2) is 4.40. The largest absolute Gasteiger partial charge is 0.508 e. The van der Waals surface area contributed by atoms with Crippen LogP contribution in [0, 0.1) is 29.6 Å². The lowest BCUT2D eigenvalue weighted by Crippen LogP contribution is -2.50. The van der Waals surface area contributed by atoms with Crippen LogP contribution in [0.1, 0.15) is 52.5 Å². The van der Waals surface area contributed by atoms with Gasteiger partial charge < -0.3 is 5.11 Å². The summed E-state index contributed by atoms with van der Waals surface area (Å²) in [6, 6.07) is 7.49. The molecule has 2 rings (SSSR count). The third-order valence-electron chi connectivity index (χ3n) is 4.90. The molecule has 0 radical (unpaired) electrons. The SMILES string of the molecule is [CH2+]C(c1ccc(O)cc1)C(C)(C)[C+]1C(C)CC1(C)C. The van der Waals surface area contributed by atoms with Crippen LogP contribution in [0.3, 0.4) is 0 Å². The lowest BCUT2D eigenvalue weighted by Gasteiger charge is -2.47. The topological polar surface area (TPSA) is 20.2 Å². The lowest BCUT2D eigenvalue weighted by atomic mass is 9.45. The minimum absolute atomic E-state index is 0.0815. The van der Waals surface area contributed by atoms with Crippen LogP contribution >= 0.6 is 0 Å². The molecule has 0 heterocycles. The van der Waals surface area contributed by atoms with E-state index in [2.05, 4.69) is 41.5 Å². The molecule has 102 valence electrons. The Kier molecular flexibility index (Phi) is 3.28. The van der Waals surface area contributed by atoms with Crippen LogP contribution < -0.4 is 0 Å². The third kappa shape index (κ3) is 2.31. The molecule has 1 fully saturated rings. The number of hydrogen-bond donors (Lipinski definition) is 1. The average Bonchev–Trinajstić information content (AvgIpc) is 2.26. The molecule has 0 saturated heterocycles. The molecule has 1 N–H and O–H groups in total. The molecule has 19 heavy (non-hydrogen) atoms. The molecule has 1 aromatic rings. The maximum atomic E-state index is 9.41. The van der Waals surface area contributed by atoms with Gasteiger partial charge in [0.15, 0.2) is 11.3 Å². The van der Waals surface area contributed by atoms with Crippen molar-refractivity contribution in [1.29, 1.82) is 0 Å². The van der Waals surface area contributed by atoms with Gasteiger partial charge in [0, 0.05) is 12.0 Å². The third-order valence-corrected chi connectivity index (χ3v) is 4.90. The fourth-order valence-electron chi connectivity index (χ4n) is 4.33. The van der Waals surface area contributed by atoms with E-state index in [1.807, 2.05) is 12.1 Å². The highest BCUT2D eigenvalue weighted by Gasteiger charge is 2.66. The maximum Gasteiger partial charge on any atom is 0.165 e. The van der Waals surface area contributed by atoms with Gasteiger partial charge in [-0.2, -0.15) is 0 Å². The number of rotatable bonds is 3. The highest BCUT2D eigenvalue weighted by molar-refractivity contribution is 5.34. The number of hydrogen-bond acceptors (Lipinski definition) is 1. The molecule has 0 aliphatic heterocycles. The summed E-state index contributed by atoms with van der Waals surface area (Å²) in [7, 11) is 0. The number of phenolic OH excluding ortho intramolecular Hbond substituents is 1. The first-order chi connectivity index (χ1) is 8.66. The smallest absolute Gasteiger partial charge is 0.165 e. The van der Waals surface area contributed by atoms with Gasteiger partial charge in [0.1, 0.15) is 23.0 Å². The van der Waals surface area contributed by atoms with Gasteiger partial charge in [-0.1, -0.05) is 12.1 Å². The standard InChI is InChI=1S/C18H25O/c1-12-11-17(3,4)16(12)18(5,6)13(2)14-7-9-15(19)10-8-14/h7-10,12-13H,2,11H2,1,3-6H3/q+1/p+1.